The van der Waals surface area contributed by atoms with Crippen LogP contribution in [0.3, 0.4) is 0 Å². The fourth-order valence-electron chi connectivity index (χ4n) is 4.11. The van der Waals surface area contributed by atoms with Crippen molar-refractivity contribution in [1.82, 2.24) is 0 Å². The SMILES string of the molecule is CCCN1c2ccc(C=Nc3ccc(Cl)c([N+](=O)[O-])c3)cc2C(C)CC1(C)C. The average molecular weight is 400 g/mol. The minimum absolute atomic E-state index is 0.116. The molecule has 5 nitrogen and oxygen atoms in total. The van der Waals surface area contributed by atoms with Crippen molar-refractivity contribution >= 4 is 34.9 Å². The quantitative estimate of drug-likeness (QED) is 0.327. The van der Waals surface area contributed by atoms with E-state index < -0.39 is 4.92 Å². The van der Waals surface area contributed by atoms with Crippen molar-refractivity contribution in [3.63, 3.8) is 0 Å². The molecular formula is C22H26ClN3O2. The number of anilines is 1. The molecule has 1 aliphatic heterocycles. The summed E-state index contributed by atoms with van der Waals surface area (Å²) in [5.74, 6) is 0.461. The van der Waals surface area contributed by atoms with Gasteiger partial charge in [-0.3, -0.25) is 15.1 Å². The van der Waals surface area contributed by atoms with Gasteiger partial charge >= 0.3 is 0 Å². The normalized spacial score (nSPS) is 18.3. The maximum atomic E-state index is 11.0. The molecule has 0 saturated heterocycles. The van der Waals surface area contributed by atoms with E-state index in [9.17, 15) is 10.1 Å². The number of hydrogen-bond donors (Lipinski definition) is 0. The van der Waals surface area contributed by atoms with Crippen LogP contribution in [0.5, 0.6) is 0 Å². The lowest BCUT2D eigenvalue weighted by Crippen LogP contribution is -2.48. The molecule has 3 rings (SSSR count). The largest absolute Gasteiger partial charge is 0.366 e. The summed E-state index contributed by atoms with van der Waals surface area (Å²) in [6, 6.07) is 11.0. The van der Waals surface area contributed by atoms with E-state index in [0.717, 1.165) is 24.9 Å². The Labute approximate surface area is 171 Å². The molecular weight excluding hydrogens is 374 g/mol. The molecule has 0 amide bonds. The highest BCUT2D eigenvalue weighted by Crippen LogP contribution is 2.43. The van der Waals surface area contributed by atoms with Crippen molar-refractivity contribution in [3.05, 3.63) is 62.7 Å². The first-order valence-corrected chi connectivity index (χ1v) is 10.0. The van der Waals surface area contributed by atoms with E-state index in [0.29, 0.717) is 11.6 Å². The van der Waals surface area contributed by atoms with Gasteiger partial charge in [-0.05, 0) is 68.0 Å². The molecule has 0 spiro atoms. The molecule has 0 aromatic heterocycles. The van der Waals surface area contributed by atoms with Gasteiger partial charge in [0.05, 0.1) is 10.6 Å². The van der Waals surface area contributed by atoms with Crippen molar-refractivity contribution in [2.75, 3.05) is 11.4 Å². The van der Waals surface area contributed by atoms with Crippen molar-refractivity contribution in [3.8, 4) is 0 Å². The standard InChI is InChI=1S/C22H26ClN3O2/c1-5-10-25-20-9-6-16(11-18(20)15(2)13-22(25,3)4)14-24-17-7-8-19(23)21(12-17)26(27)28/h6-9,11-12,14-15H,5,10,13H2,1-4H3. The second kappa shape index (κ2) is 7.92. The summed E-state index contributed by atoms with van der Waals surface area (Å²) in [5.41, 5.74) is 4.13. The maximum absolute atomic E-state index is 11.0. The fourth-order valence-corrected chi connectivity index (χ4v) is 4.29. The van der Waals surface area contributed by atoms with Crippen LogP contribution in [0.25, 0.3) is 0 Å². The summed E-state index contributed by atoms with van der Waals surface area (Å²) in [5, 5.41) is 11.2. The van der Waals surface area contributed by atoms with Crippen LogP contribution in [0.15, 0.2) is 41.4 Å². The number of hydrogen-bond acceptors (Lipinski definition) is 4. The Balaban J connectivity index is 1.92. The molecule has 0 N–H and O–H groups in total. The highest BCUT2D eigenvalue weighted by Gasteiger charge is 2.35. The first kappa shape index (κ1) is 20.3. The van der Waals surface area contributed by atoms with Gasteiger partial charge in [-0.1, -0.05) is 31.5 Å². The summed E-state index contributed by atoms with van der Waals surface area (Å²) in [4.78, 5) is 17.5. The van der Waals surface area contributed by atoms with Gasteiger partial charge < -0.3 is 4.90 Å². The van der Waals surface area contributed by atoms with E-state index in [1.165, 1.54) is 23.4 Å². The predicted octanol–water partition coefficient (Wildman–Crippen LogP) is 6.50. The van der Waals surface area contributed by atoms with E-state index in [1.807, 2.05) is 0 Å². The first-order valence-electron chi connectivity index (χ1n) is 9.62. The molecule has 0 fully saturated rings. The van der Waals surface area contributed by atoms with Crippen molar-refractivity contribution < 1.29 is 4.92 Å². The second-order valence-electron chi connectivity index (χ2n) is 8.04. The lowest BCUT2D eigenvalue weighted by atomic mass is 9.79. The minimum Gasteiger partial charge on any atom is -0.366 e. The molecule has 0 saturated carbocycles. The summed E-state index contributed by atoms with van der Waals surface area (Å²) in [7, 11) is 0. The van der Waals surface area contributed by atoms with Gasteiger partial charge in [-0.15, -0.1) is 0 Å². The zero-order chi connectivity index (χ0) is 20.5. The van der Waals surface area contributed by atoms with E-state index in [1.54, 1.807) is 12.3 Å². The van der Waals surface area contributed by atoms with Crippen LogP contribution in [-0.4, -0.2) is 23.2 Å². The number of halogens is 1. The van der Waals surface area contributed by atoms with E-state index in [-0.39, 0.29) is 16.2 Å². The van der Waals surface area contributed by atoms with E-state index in [4.69, 9.17) is 11.6 Å². The zero-order valence-corrected chi connectivity index (χ0v) is 17.5. The molecule has 2 aromatic carbocycles. The number of nitro benzene ring substituents is 1. The monoisotopic (exact) mass is 399 g/mol. The summed E-state index contributed by atoms with van der Waals surface area (Å²) in [6.45, 7) is 10.1. The maximum Gasteiger partial charge on any atom is 0.290 e. The lowest BCUT2D eigenvalue weighted by molar-refractivity contribution is -0.384. The van der Waals surface area contributed by atoms with Crippen LogP contribution in [0.4, 0.5) is 17.1 Å². The summed E-state index contributed by atoms with van der Waals surface area (Å²) >= 11 is 5.87. The average Bonchev–Trinajstić information content (AvgIpc) is 2.64. The summed E-state index contributed by atoms with van der Waals surface area (Å²) < 4.78 is 0. The molecule has 0 bridgehead atoms. The third-order valence-electron chi connectivity index (χ3n) is 5.35. The highest BCUT2D eigenvalue weighted by molar-refractivity contribution is 6.32. The number of rotatable bonds is 5. The number of fused-ring (bicyclic) bond motifs is 1. The van der Waals surface area contributed by atoms with Gasteiger partial charge in [0.2, 0.25) is 0 Å². The lowest BCUT2D eigenvalue weighted by Gasteiger charge is -2.47. The van der Waals surface area contributed by atoms with Crippen LogP contribution < -0.4 is 4.90 Å². The number of aliphatic imine (C=N–C) groups is 1. The smallest absolute Gasteiger partial charge is 0.290 e. The second-order valence-corrected chi connectivity index (χ2v) is 8.45. The Morgan fingerprint density at radius 1 is 1.32 bits per heavy atom. The minimum atomic E-state index is -0.494. The van der Waals surface area contributed by atoms with Crippen LogP contribution in [0.1, 0.15) is 57.6 Å². The van der Waals surface area contributed by atoms with Crippen LogP contribution >= 0.6 is 11.6 Å². The number of nitro groups is 1. The van der Waals surface area contributed by atoms with Crippen LogP contribution in [0, 0.1) is 10.1 Å². The van der Waals surface area contributed by atoms with Gasteiger partial charge in [-0.2, -0.15) is 0 Å². The number of benzene rings is 2. The van der Waals surface area contributed by atoms with E-state index >= 15 is 0 Å². The molecule has 0 radical (unpaired) electrons. The topological polar surface area (TPSA) is 58.7 Å². The zero-order valence-electron chi connectivity index (χ0n) is 16.8. The summed E-state index contributed by atoms with van der Waals surface area (Å²) in [6.07, 6.45) is 3.96. The molecule has 6 heteroatoms. The molecule has 148 valence electrons. The third-order valence-corrected chi connectivity index (χ3v) is 5.67. The Hall–Kier alpha value is -2.40. The van der Waals surface area contributed by atoms with E-state index in [2.05, 4.69) is 55.8 Å². The number of nitrogens with zero attached hydrogens (tertiary/aromatic N) is 3. The highest BCUT2D eigenvalue weighted by atomic mass is 35.5. The van der Waals surface area contributed by atoms with Crippen molar-refractivity contribution in [1.29, 1.82) is 0 Å². The molecule has 2 aromatic rings. The molecule has 1 aliphatic rings. The molecule has 0 aliphatic carbocycles. The van der Waals surface area contributed by atoms with Crippen molar-refractivity contribution in [2.45, 2.75) is 52.0 Å². The molecule has 1 atom stereocenters. The van der Waals surface area contributed by atoms with Gasteiger partial charge in [0.25, 0.3) is 5.69 Å². The molecule has 1 heterocycles. The molecule has 28 heavy (non-hydrogen) atoms. The molecule has 1 unspecified atom stereocenters. The van der Waals surface area contributed by atoms with Crippen molar-refractivity contribution in [2.24, 2.45) is 4.99 Å². The van der Waals surface area contributed by atoms with Gasteiger partial charge in [0, 0.05) is 30.1 Å². The Bertz CT molecular complexity index is 924. The van der Waals surface area contributed by atoms with Crippen LogP contribution in [0.2, 0.25) is 5.02 Å². The Kier molecular flexibility index (Phi) is 5.75. The van der Waals surface area contributed by atoms with Gasteiger partial charge in [-0.25, -0.2) is 0 Å². The third kappa shape index (κ3) is 4.04. The van der Waals surface area contributed by atoms with Crippen LogP contribution in [-0.2, 0) is 0 Å². The first-order chi connectivity index (χ1) is 13.2. The van der Waals surface area contributed by atoms with Gasteiger partial charge in [0.15, 0.2) is 0 Å². The Morgan fingerprint density at radius 3 is 2.75 bits per heavy atom. The predicted molar refractivity (Wildman–Crippen MR) is 117 cm³/mol. The fraction of sp³-hybridized carbons (Fsp3) is 0.409. The Morgan fingerprint density at radius 2 is 2.07 bits per heavy atom. The van der Waals surface area contributed by atoms with Gasteiger partial charge in [0.1, 0.15) is 5.02 Å².